The lowest BCUT2D eigenvalue weighted by atomic mass is 10.2. The molecule has 104 valence electrons. The molecule has 0 aliphatic carbocycles. The summed E-state index contributed by atoms with van der Waals surface area (Å²) < 4.78 is 24.0. The van der Waals surface area contributed by atoms with Gasteiger partial charge in [-0.25, -0.2) is 4.39 Å². The van der Waals surface area contributed by atoms with E-state index in [0.717, 1.165) is 6.07 Å². The molecule has 0 bridgehead atoms. The Morgan fingerprint density at radius 2 is 1.90 bits per heavy atom. The zero-order chi connectivity index (χ0) is 14.7. The molecule has 0 amide bonds. The first-order valence-electron chi connectivity index (χ1n) is 5.46. The summed E-state index contributed by atoms with van der Waals surface area (Å²) in [5, 5.41) is 10.9. The summed E-state index contributed by atoms with van der Waals surface area (Å²) in [6.45, 7) is 0. The van der Waals surface area contributed by atoms with Crippen LogP contribution in [-0.4, -0.2) is 12.0 Å². The fourth-order valence-electron chi connectivity index (χ4n) is 1.52. The van der Waals surface area contributed by atoms with Gasteiger partial charge >= 0.3 is 5.69 Å². The first-order chi connectivity index (χ1) is 9.51. The van der Waals surface area contributed by atoms with Gasteiger partial charge in [0.25, 0.3) is 0 Å². The number of methoxy groups -OCH3 is 1. The largest absolute Gasteiger partial charge is 0.497 e. The topological polar surface area (TPSA) is 61.6 Å². The van der Waals surface area contributed by atoms with Gasteiger partial charge in [0.1, 0.15) is 17.3 Å². The number of nitro benzene ring substituents is 1. The van der Waals surface area contributed by atoms with Crippen LogP contribution in [0, 0.1) is 15.9 Å². The third-order valence-corrected chi connectivity index (χ3v) is 3.13. The smallest absolute Gasteiger partial charge is 0.311 e. The van der Waals surface area contributed by atoms with Crippen molar-refractivity contribution in [2.24, 2.45) is 0 Å². The molecule has 0 heterocycles. The predicted molar refractivity (Wildman–Crippen MR) is 73.8 cm³/mol. The molecule has 0 aliphatic heterocycles. The molecule has 0 saturated heterocycles. The van der Waals surface area contributed by atoms with Crippen molar-refractivity contribution in [2.75, 3.05) is 7.11 Å². The van der Waals surface area contributed by atoms with Gasteiger partial charge in [-0.15, -0.1) is 0 Å². The Morgan fingerprint density at radius 1 is 1.20 bits per heavy atom. The van der Waals surface area contributed by atoms with Gasteiger partial charge in [-0.2, -0.15) is 0 Å². The normalized spacial score (nSPS) is 10.2. The molecule has 2 aromatic rings. The molecule has 5 nitrogen and oxygen atoms in total. The maximum absolute atomic E-state index is 13.4. The molecule has 0 fully saturated rings. The lowest BCUT2D eigenvalue weighted by molar-refractivity contribution is -0.385. The van der Waals surface area contributed by atoms with Crippen LogP contribution in [0.4, 0.5) is 10.1 Å². The lowest BCUT2D eigenvalue weighted by Gasteiger charge is -2.08. The molecule has 0 unspecified atom stereocenters. The van der Waals surface area contributed by atoms with E-state index in [0.29, 0.717) is 5.75 Å². The second-order valence-electron chi connectivity index (χ2n) is 3.77. The quantitative estimate of drug-likeness (QED) is 0.614. The van der Waals surface area contributed by atoms with Crippen molar-refractivity contribution in [2.45, 2.75) is 0 Å². The SMILES string of the molecule is COc1ccc([N+](=O)[O-])c(Oc2ccc(Br)c(F)c2)c1. The third kappa shape index (κ3) is 3.05. The molecule has 0 aromatic heterocycles. The number of nitro groups is 1. The Balaban J connectivity index is 2.40. The van der Waals surface area contributed by atoms with Crippen LogP contribution in [0.3, 0.4) is 0 Å². The van der Waals surface area contributed by atoms with Gasteiger partial charge in [0.2, 0.25) is 5.75 Å². The summed E-state index contributed by atoms with van der Waals surface area (Å²) in [6.07, 6.45) is 0. The standard InChI is InChI=1S/C13H9BrFNO4/c1-19-8-3-5-12(16(17)18)13(7-8)20-9-2-4-10(14)11(15)6-9/h2-7H,1H3. The van der Waals surface area contributed by atoms with E-state index in [4.69, 9.17) is 9.47 Å². The van der Waals surface area contributed by atoms with E-state index in [1.54, 1.807) is 0 Å². The molecular weight excluding hydrogens is 333 g/mol. The van der Waals surface area contributed by atoms with E-state index >= 15 is 0 Å². The Morgan fingerprint density at radius 3 is 2.50 bits per heavy atom. The van der Waals surface area contributed by atoms with E-state index in [9.17, 15) is 14.5 Å². The molecule has 20 heavy (non-hydrogen) atoms. The zero-order valence-electron chi connectivity index (χ0n) is 10.3. The summed E-state index contributed by atoms with van der Waals surface area (Å²) in [4.78, 5) is 10.4. The van der Waals surface area contributed by atoms with Crippen molar-refractivity contribution in [3.63, 3.8) is 0 Å². The maximum atomic E-state index is 13.4. The summed E-state index contributed by atoms with van der Waals surface area (Å²) in [5.41, 5.74) is -0.228. The molecule has 0 spiro atoms. The van der Waals surface area contributed by atoms with E-state index in [1.165, 1.54) is 37.4 Å². The molecule has 2 aromatic carbocycles. The minimum absolute atomic E-state index is 0.0175. The maximum Gasteiger partial charge on any atom is 0.311 e. The van der Waals surface area contributed by atoms with Gasteiger partial charge in [0, 0.05) is 18.2 Å². The number of hydrogen-bond donors (Lipinski definition) is 0. The second-order valence-corrected chi connectivity index (χ2v) is 4.62. The summed E-state index contributed by atoms with van der Waals surface area (Å²) in [7, 11) is 1.43. The van der Waals surface area contributed by atoms with Crippen molar-refractivity contribution in [3.8, 4) is 17.2 Å². The first-order valence-corrected chi connectivity index (χ1v) is 6.26. The van der Waals surface area contributed by atoms with Crippen LogP contribution in [0.5, 0.6) is 17.2 Å². The number of hydrogen-bond acceptors (Lipinski definition) is 4. The lowest BCUT2D eigenvalue weighted by Crippen LogP contribution is -1.95. The highest BCUT2D eigenvalue weighted by Crippen LogP contribution is 2.35. The van der Waals surface area contributed by atoms with E-state index in [2.05, 4.69) is 15.9 Å². The van der Waals surface area contributed by atoms with E-state index < -0.39 is 10.7 Å². The second kappa shape index (κ2) is 5.87. The molecule has 0 N–H and O–H groups in total. The first kappa shape index (κ1) is 14.3. The van der Waals surface area contributed by atoms with Crippen molar-refractivity contribution in [1.29, 1.82) is 0 Å². The number of nitrogens with zero attached hydrogens (tertiary/aromatic N) is 1. The van der Waals surface area contributed by atoms with Crippen LogP contribution < -0.4 is 9.47 Å². The number of ether oxygens (including phenoxy) is 2. The van der Waals surface area contributed by atoms with Crippen LogP contribution in [0.25, 0.3) is 0 Å². The Bertz CT molecular complexity index is 663. The molecule has 0 radical (unpaired) electrons. The number of halogens is 2. The number of rotatable bonds is 4. The minimum atomic E-state index is -0.579. The van der Waals surface area contributed by atoms with Crippen LogP contribution in [-0.2, 0) is 0 Å². The van der Waals surface area contributed by atoms with Crippen molar-refractivity contribution in [1.82, 2.24) is 0 Å². The fraction of sp³-hybridized carbons (Fsp3) is 0.0769. The monoisotopic (exact) mass is 341 g/mol. The Hall–Kier alpha value is -2.15. The molecule has 0 saturated carbocycles. The van der Waals surface area contributed by atoms with Crippen LogP contribution in [0.1, 0.15) is 0 Å². The zero-order valence-corrected chi connectivity index (χ0v) is 11.9. The highest BCUT2D eigenvalue weighted by Gasteiger charge is 2.17. The van der Waals surface area contributed by atoms with Crippen LogP contribution in [0.2, 0.25) is 0 Å². The van der Waals surface area contributed by atoms with Gasteiger partial charge in [-0.1, -0.05) is 0 Å². The van der Waals surface area contributed by atoms with Crippen molar-refractivity contribution >= 4 is 21.6 Å². The average Bonchev–Trinajstić information content (AvgIpc) is 2.42. The van der Waals surface area contributed by atoms with E-state index in [-0.39, 0.29) is 21.7 Å². The molecule has 7 heteroatoms. The highest BCUT2D eigenvalue weighted by atomic mass is 79.9. The summed E-state index contributed by atoms with van der Waals surface area (Å²) >= 11 is 3.02. The van der Waals surface area contributed by atoms with Gasteiger partial charge in [-0.3, -0.25) is 10.1 Å². The highest BCUT2D eigenvalue weighted by molar-refractivity contribution is 9.10. The van der Waals surface area contributed by atoms with Gasteiger partial charge in [0.05, 0.1) is 16.5 Å². The molecule has 0 aliphatic rings. The minimum Gasteiger partial charge on any atom is -0.497 e. The molecule has 0 atom stereocenters. The molecule has 2 rings (SSSR count). The van der Waals surface area contributed by atoms with Gasteiger partial charge < -0.3 is 9.47 Å². The fourth-order valence-corrected chi connectivity index (χ4v) is 1.77. The van der Waals surface area contributed by atoms with E-state index in [1.807, 2.05) is 0 Å². The van der Waals surface area contributed by atoms with Crippen molar-refractivity contribution in [3.05, 3.63) is 56.8 Å². The predicted octanol–water partition coefficient (Wildman–Crippen LogP) is 4.30. The van der Waals surface area contributed by atoms with Crippen LogP contribution in [0.15, 0.2) is 40.9 Å². The van der Waals surface area contributed by atoms with Gasteiger partial charge in [-0.05, 0) is 34.1 Å². The Labute approximate surface area is 122 Å². The average molecular weight is 342 g/mol. The van der Waals surface area contributed by atoms with Crippen LogP contribution >= 0.6 is 15.9 Å². The summed E-state index contributed by atoms with van der Waals surface area (Å²) in [6, 6.07) is 8.18. The summed E-state index contributed by atoms with van der Waals surface area (Å²) in [5.74, 6) is 0.0226. The number of benzene rings is 2. The van der Waals surface area contributed by atoms with Crippen molar-refractivity contribution < 1.29 is 18.8 Å². The third-order valence-electron chi connectivity index (χ3n) is 2.48. The van der Waals surface area contributed by atoms with Gasteiger partial charge in [0.15, 0.2) is 0 Å². The Kier molecular flexibility index (Phi) is 4.19. The molecular formula is C13H9BrFNO4.